The third-order valence-electron chi connectivity index (χ3n) is 5.41. The summed E-state index contributed by atoms with van der Waals surface area (Å²) in [4.78, 5) is 30.8. The molecule has 0 radical (unpaired) electrons. The molecule has 0 saturated carbocycles. The van der Waals surface area contributed by atoms with Gasteiger partial charge in [-0.1, -0.05) is 0 Å². The number of amides is 1. The van der Waals surface area contributed by atoms with Crippen molar-refractivity contribution in [1.29, 1.82) is 0 Å². The van der Waals surface area contributed by atoms with Crippen LogP contribution in [0, 0.1) is 6.92 Å². The molecule has 1 atom stereocenters. The van der Waals surface area contributed by atoms with Crippen LogP contribution in [-0.2, 0) is 0 Å². The van der Waals surface area contributed by atoms with E-state index >= 15 is 0 Å². The van der Waals surface area contributed by atoms with Gasteiger partial charge in [0.15, 0.2) is 0 Å². The first-order chi connectivity index (χ1) is 14.9. The monoisotopic (exact) mass is 437 g/mol. The van der Waals surface area contributed by atoms with Crippen LogP contribution in [0.3, 0.4) is 0 Å². The number of aliphatic hydroxyl groups is 1. The van der Waals surface area contributed by atoms with Gasteiger partial charge in [0.1, 0.15) is 11.5 Å². The lowest BCUT2D eigenvalue weighted by atomic mass is 10.2. The summed E-state index contributed by atoms with van der Waals surface area (Å²) in [7, 11) is 0. The molecule has 0 bridgehead atoms. The molecule has 1 amide bonds. The van der Waals surface area contributed by atoms with Gasteiger partial charge in [0.05, 0.1) is 26.7 Å². The van der Waals surface area contributed by atoms with E-state index in [1.54, 1.807) is 54.4 Å². The average molecular weight is 437 g/mol. The van der Waals surface area contributed by atoms with Crippen molar-refractivity contribution in [2.75, 3.05) is 13.1 Å². The number of aliphatic hydroxyl groups excluding tert-OH is 1. The lowest BCUT2D eigenvalue weighted by Gasteiger charge is -2.13. The summed E-state index contributed by atoms with van der Waals surface area (Å²) < 4.78 is 8.08. The third kappa shape index (κ3) is 3.41. The van der Waals surface area contributed by atoms with E-state index in [1.807, 2.05) is 0 Å². The average Bonchev–Trinajstić information content (AvgIpc) is 3.43. The number of aromatic nitrogens is 2. The van der Waals surface area contributed by atoms with E-state index < -0.39 is 12.2 Å². The standard InChI is InChI=1S/C22H19N3O5S/c1-12-8-13-9-15(2-3-17(13)25(12)22(28)29)30-18-4-6-23-16-10-19(31-20(16)18)21(27)24-7-5-14(26)11-24/h2-4,6,8-10,14,26H,5,7,11H2,1H3,(H,28,29)/t14-/m0/s1. The predicted molar refractivity (Wildman–Crippen MR) is 116 cm³/mol. The number of thiophene rings is 1. The van der Waals surface area contributed by atoms with Crippen molar-refractivity contribution in [3.05, 3.63) is 53.2 Å². The second-order valence-electron chi connectivity index (χ2n) is 7.55. The molecule has 31 heavy (non-hydrogen) atoms. The van der Waals surface area contributed by atoms with E-state index in [0.29, 0.717) is 52.6 Å². The number of aryl methyl sites for hydroxylation is 1. The van der Waals surface area contributed by atoms with Crippen molar-refractivity contribution in [3.63, 3.8) is 0 Å². The number of ether oxygens (including phenoxy) is 1. The Morgan fingerprint density at radius 3 is 2.81 bits per heavy atom. The highest BCUT2D eigenvalue weighted by molar-refractivity contribution is 7.21. The fourth-order valence-corrected chi connectivity index (χ4v) is 4.99. The number of pyridine rings is 1. The Morgan fingerprint density at radius 1 is 1.23 bits per heavy atom. The molecule has 9 heteroatoms. The normalized spacial score (nSPS) is 16.3. The van der Waals surface area contributed by atoms with Crippen LogP contribution >= 0.6 is 11.3 Å². The number of likely N-dealkylation sites (tertiary alicyclic amines) is 1. The van der Waals surface area contributed by atoms with Gasteiger partial charge in [-0.3, -0.25) is 14.3 Å². The minimum absolute atomic E-state index is 0.114. The lowest BCUT2D eigenvalue weighted by Crippen LogP contribution is -2.28. The van der Waals surface area contributed by atoms with Crippen molar-refractivity contribution in [2.24, 2.45) is 0 Å². The number of hydrogen-bond donors (Lipinski definition) is 2. The summed E-state index contributed by atoms with van der Waals surface area (Å²) in [6.45, 7) is 2.63. The molecule has 1 aliphatic rings. The Kier molecular flexibility index (Phi) is 4.64. The van der Waals surface area contributed by atoms with Crippen LogP contribution in [0.4, 0.5) is 4.79 Å². The lowest BCUT2D eigenvalue weighted by molar-refractivity contribution is 0.0769. The first-order valence-electron chi connectivity index (χ1n) is 9.80. The summed E-state index contributed by atoms with van der Waals surface area (Å²) in [6.07, 6.45) is 0.722. The molecule has 4 heterocycles. The summed E-state index contributed by atoms with van der Waals surface area (Å²) in [5.74, 6) is 1.02. The maximum Gasteiger partial charge on any atom is 0.416 e. The Bertz CT molecular complexity index is 1340. The van der Waals surface area contributed by atoms with Gasteiger partial charge in [0, 0.05) is 36.4 Å². The van der Waals surface area contributed by atoms with E-state index in [0.717, 1.165) is 10.1 Å². The van der Waals surface area contributed by atoms with Crippen molar-refractivity contribution >= 4 is 44.5 Å². The van der Waals surface area contributed by atoms with Gasteiger partial charge in [0.25, 0.3) is 5.91 Å². The number of nitrogens with zero attached hydrogens (tertiary/aromatic N) is 3. The molecule has 0 spiro atoms. The Balaban J connectivity index is 1.47. The molecule has 158 valence electrons. The van der Waals surface area contributed by atoms with Crippen molar-refractivity contribution in [2.45, 2.75) is 19.4 Å². The number of β-amino-alcohol motifs (C(OH)–C–C–N with tert-alkyl or cyclic N) is 1. The number of rotatable bonds is 3. The molecule has 3 aromatic heterocycles. The number of benzene rings is 1. The SMILES string of the molecule is Cc1cc2cc(Oc3ccnc4cc(C(=O)N5CC[C@H](O)C5)sc34)ccc2n1C(=O)O. The summed E-state index contributed by atoms with van der Waals surface area (Å²) in [5.41, 5.74) is 1.88. The van der Waals surface area contributed by atoms with Crippen LogP contribution in [-0.4, -0.2) is 55.9 Å². The van der Waals surface area contributed by atoms with Gasteiger partial charge in [0.2, 0.25) is 0 Å². The van der Waals surface area contributed by atoms with Gasteiger partial charge in [-0.2, -0.15) is 0 Å². The molecule has 4 aromatic rings. The highest BCUT2D eigenvalue weighted by Gasteiger charge is 2.27. The molecule has 1 fully saturated rings. The van der Waals surface area contributed by atoms with E-state index in [9.17, 15) is 19.8 Å². The minimum atomic E-state index is -1.03. The third-order valence-corrected chi connectivity index (χ3v) is 6.54. The van der Waals surface area contributed by atoms with Gasteiger partial charge in [-0.05, 0) is 43.7 Å². The molecule has 0 unspecified atom stereocenters. The number of hydrogen-bond acceptors (Lipinski definition) is 6. The topological polar surface area (TPSA) is 105 Å². The van der Waals surface area contributed by atoms with Crippen LogP contribution in [0.15, 0.2) is 42.6 Å². The first-order valence-corrected chi connectivity index (χ1v) is 10.6. The van der Waals surface area contributed by atoms with E-state index in [1.165, 1.54) is 15.9 Å². The number of carboxylic acid groups (broad SMARTS) is 1. The summed E-state index contributed by atoms with van der Waals surface area (Å²) in [5, 5.41) is 19.9. The van der Waals surface area contributed by atoms with Crippen LogP contribution in [0.1, 0.15) is 21.8 Å². The second kappa shape index (κ2) is 7.36. The van der Waals surface area contributed by atoms with Crippen LogP contribution < -0.4 is 4.74 Å². The first kappa shape index (κ1) is 19.5. The molecule has 5 rings (SSSR count). The molecule has 1 saturated heterocycles. The largest absolute Gasteiger partial charge is 0.464 e. The van der Waals surface area contributed by atoms with Gasteiger partial charge in [-0.25, -0.2) is 4.79 Å². The Labute approximate surface area is 180 Å². The zero-order chi connectivity index (χ0) is 21.7. The molecule has 1 aliphatic heterocycles. The molecule has 2 N–H and O–H groups in total. The summed E-state index contributed by atoms with van der Waals surface area (Å²) >= 11 is 1.31. The molecule has 1 aromatic carbocycles. The number of carbonyl (C=O) groups excluding carboxylic acids is 1. The highest BCUT2D eigenvalue weighted by Crippen LogP contribution is 2.36. The minimum Gasteiger partial charge on any atom is -0.464 e. The quantitative estimate of drug-likeness (QED) is 0.500. The van der Waals surface area contributed by atoms with Crippen molar-refractivity contribution in [1.82, 2.24) is 14.5 Å². The smallest absolute Gasteiger partial charge is 0.416 e. The van der Waals surface area contributed by atoms with Gasteiger partial charge in [-0.15, -0.1) is 11.3 Å². The number of fused-ring (bicyclic) bond motifs is 2. The van der Waals surface area contributed by atoms with E-state index in [-0.39, 0.29) is 5.91 Å². The fourth-order valence-electron chi connectivity index (χ4n) is 3.96. The molecule has 8 nitrogen and oxygen atoms in total. The molecular formula is C22H19N3O5S. The predicted octanol–water partition coefficient (Wildman–Crippen LogP) is 4.08. The van der Waals surface area contributed by atoms with Gasteiger partial charge >= 0.3 is 6.09 Å². The van der Waals surface area contributed by atoms with Gasteiger partial charge < -0.3 is 19.8 Å². The zero-order valence-electron chi connectivity index (χ0n) is 16.6. The molecule has 0 aliphatic carbocycles. The second-order valence-corrected chi connectivity index (χ2v) is 8.61. The van der Waals surface area contributed by atoms with E-state index in [4.69, 9.17) is 4.74 Å². The maximum atomic E-state index is 12.8. The maximum absolute atomic E-state index is 12.8. The Morgan fingerprint density at radius 2 is 2.06 bits per heavy atom. The molecular weight excluding hydrogens is 418 g/mol. The number of carbonyl (C=O) groups is 2. The zero-order valence-corrected chi connectivity index (χ0v) is 17.4. The Hall–Kier alpha value is -3.43. The summed E-state index contributed by atoms with van der Waals surface area (Å²) in [6, 6.07) is 10.5. The van der Waals surface area contributed by atoms with Crippen LogP contribution in [0.25, 0.3) is 21.1 Å². The van der Waals surface area contributed by atoms with Crippen molar-refractivity contribution < 1.29 is 24.5 Å². The van der Waals surface area contributed by atoms with Crippen molar-refractivity contribution in [3.8, 4) is 11.5 Å². The van der Waals surface area contributed by atoms with E-state index in [2.05, 4.69) is 4.98 Å². The van der Waals surface area contributed by atoms with Crippen LogP contribution in [0.5, 0.6) is 11.5 Å². The fraction of sp³-hybridized carbons (Fsp3) is 0.227. The highest BCUT2D eigenvalue weighted by atomic mass is 32.1. The van der Waals surface area contributed by atoms with Crippen LogP contribution in [0.2, 0.25) is 0 Å².